The first-order valence-electron chi connectivity index (χ1n) is 11.1. The maximum absolute atomic E-state index is 5.48. The van der Waals surface area contributed by atoms with Crippen LogP contribution in [0.25, 0.3) is 22.0 Å². The number of rotatable bonds is 4. The fraction of sp³-hybridized carbons (Fsp3) is 0.400. The third-order valence-electron chi connectivity index (χ3n) is 6.38. The van der Waals surface area contributed by atoms with Gasteiger partial charge in [0, 0.05) is 55.9 Å². The minimum Gasteiger partial charge on any atom is -0.378 e. The molecule has 2 saturated heterocycles. The van der Waals surface area contributed by atoms with Gasteiger partial charge < -0.3 is 19.4 Å². The van der Waals surface area contributed by atoms with Crippen LogP contribution in [0.3, 0.4) is 0 Å². The van der Waals surface area contributed by atoms with Gasteiger partial charge in [-0.1, -0.05) is 43.3 Å². The van der Waals surface area contributed by atoms with E-state index in [4.69, 9.17) is 9.72 Å². The summed E-state index contributed by atoms with van der Waals surface area (Å²) in [5.41, 5.74) is 3.49. The van der Waals surface area contributed by atoms with Crippen LogP contribution < -0.4 is 9.80 Å². The lowest BCUT2D eigenvalue weighted by Gasteiger charge is -2.35. The summed E-state index contributed by atoms with van der Waals surface area (Å²) in [7, 11) is 0. The van der Waals surface area contributed by atoms with Crippen LogP contribution in [-0.4, -0.2) is 68.9 Å². The van der Waals surface area contributed by atoms with E-state index in [0.717, 1.165) is 70.5 Å². The van der Waals surface area contributed by atoms with Crippen LogP contribution in [0.4, 0.5) is 11.5 Å². The van der Waals surface area contributed by atoms with Gasteiger partial charge in [0.1, 0.15) is 5.82 Å². The van der Waals surface area contributed by atoms with Crippen molar-refractivity contribution in [1.29, 1.82) is 0 Å². The second kappa shape index (κ2) is 11.2. The van der Waals surface area contributed by atoms with Crippen molar-refractivity contribution in [2.75, 3.05) is 68.8 Å². The van der Waals surface area contributed by atoms with Gasteiger partial charge in [-0.3, -0.25) is 0 Å². The summed E-state index contributed by atoms with van der Waals surface area (Å²) in [6.07, 6.45) is 0. The molecule has 0 amide bonds. The summed E-state index contributed by atoms with van der Waals surface area (Å²) >= 11 is 0. The smallest absolute Gasteiger partial charge is 0.137 e. The summed E-state index contributed by atoms with van der Waals surface area (Å²) in [4.78, 5) is 12.5. The molecule has 7 heteroatoms. The fourth-order valence-corrected chi connectivity index (χ4v) is 4.51. The zero-order valence-corrected chi connectivity index (χ0v) is 20.2. The van der Waals surface area contributed by atoms with Gasteiger partial charge in [-0.05, 0) is 30.1 Å². The van der Waals surface area contributed by atoms with E-state index in [1.807, 2.05) is 0 Å². The number of piperazine rings is 1. The van der Waals surface area contributed by atoms with Crippen LogP contribution in [0.1, 0.15) is 6.92 Å². The van der Waals surface area contributed by atoms with Gasteiger partial charge >= 0.3 is 0 Å². The van der Waals surface area contributed by atoms with E-state index in [1.54, 1.807) is 0 Å². The Labute approximate surface area is 203 Å². The van der Waals surface area contributed by atoms with E-state index >= 15 is 0 Å². The molecular formula is C25H32Cl2N4O. The molecule has 0 aliphatic carbocycles. The Morgan fingerprint density at radius 3 is 2.19 bits per heavy atom. The number of hydrogen-bond acceptors (Lipinski definition) is 5. The van der Waals surface area contributed by atoms with Gasteiger partial charge in [-0.2, -0.15) is 0 Å². The highest BCUT2D eigenvalue weighted by atomic mass is 35.5. The van der Waals surface area contributed by atoms with E-state index in [1.165, 1.54) is 22.0 Å². The third-order valence-corrected chi connectivity index (χ3v) is 6.38. The zero-order valence-electron chi connectivity index (χ0n) is 18.6. The van der Waals surface area contributed by atoms with Gasteiger partial charge in [-0.25, -0.2) is 4.98 Å². The molecule has 3 aromatic rings. The van der Waals surface area contributed by atoms with Gasteiger partial charge in [0.05, 0.1) is 18.9 Å². The van der Waals surface area contributed by atoms with Gasteiger partial charge in [0.25, 0.3) is 0 Å². The van der Waals surface area contributed by atoms with Crippen LogP contribution >= 0.6 is 24.8 Å². The molecular weight excluding hydrogens is 443 g/mol. The van der Waals surface area contributed by atoms with E-state index < -0.39 is 0 Å². The van der Waals surface area contributed by atoms with Crippen LogP contribution in [0, 0.1) is 0 Å². The highest BCUT2D eigenvalue weighted by Gasteiger charge is 2.20. The lowest BCUT2D eigenvalue weighted by molar-refractivity contribution is 0.122. The average molecular weight is 475 g/mol. The number of hydrogen-bond donors (Lipinski definition) is 0. The first kappa shape index (κ1) is 24.6. The number of fused-ring (bicyclic) bond motifs is 1. The zero-order chi connectivity index (χ0) is 20.3. The summed E-state index contributed by atoms with van der Waals surface area (Å²) in [6, 6.07) is 19.7. The van der Waals surface area contributed by atoms with Crippen molar-refractivity contribution in [2.24, 2.45) is 0 Å². The Kier molecular flexibility index (Phi) is 8.60. The summed E-state index contributed by atoms with van der Waals surface area (Å²) in [5, 5.41) is 2.50. The number of halogens is 2. The van der Waals surface area contributed by atoms with Crippen LogP contribution in [0.15, 0.2) is 54.6 Å². The number of morpholine rings is 1. The molecule has 1 aromatic heterocycles. The molecule has 0 bridgehead atoms. The Bertz CT molecular complexity index is 1000. The standard InChI is InChI=1S/C25H30N4O.2ClH/c1-2-27-11-13-29(14-12-27)25-23-6-4-3-5-21(23)19-24(26-25)20-7-9-22(10-8-20)28-15-17-30-18-16-28;;/h3-10,19H,2,11-18H2,1H3;2*1H. The number of benzene rings is 2. The van der Waals surface area contributed by atoms with Crippen molar-refractivity contribution in [3.05, 3.63) is 54.6 Å². The normalized spacial score (nSPS) is 17.0. The number of likely N-dealkylation sites (N-methyl/N-ethyl adjacent to an activating group) is 1. The molecule has 5 rings (SSSR count). The van der Waals surface area contributed by atoms with Crippen molar-refractivity contribution in [1.82, 2.24) is 9.88 Å². The van der Waals surface area contributed by atoms with E-state index in [-0.39, 0.29) is 24.8 Å². The quantitative estimate of drug-likeness (QED) is 0.545. The number of pyridine rings is 1. The first-order chi connectivity index (χ1) is 14.8. The number of nitrogens with zero attached hydrogens (tertiary/aromatic N) is 4. The molecule has 2 aromatic carbocycles. The second-order valence-corrected chi connectivity index (χ2v) is 8.12. The number of aromatic nitrogens is 1. The molecule has 0 N–H and O–H groups in total. The van der Waals surface area contributed by atoms with Gasteiger partial charge in [0.2, 0.25) is 0 Å². The average Bonchev–Trinajstić information content (AvgIpc) is 2.84. The SMILES string of the molecule is CCN1CCN(c2nc(-c3ccc(N4CCOCC4)cc3)cc3ccccc23)CC1.Cl.Cl. The Hall–Kier alpha value is -2.05. The van der Waals surface area contributed by atoms with Crippen LogP contribution in [-0.2, 0) is 4.74 Å². The maximum atomic E-state index is 5.48. The highest BCUT2D eigenvalue weighted by Crippen LogP contribution is 2.31. The molecule has 0 atom stereocenters. The molecule has 3 heterocycles. The van der Waals surface area contributed by atoms with E-state index in [9.17, 15) is 0 Å². The highest BCUT2D eigenvalue weighted by molar-refractivity contribution is 5.95. The van der Waals surface area contributed by atoms with Crippen molar-refractivity contribution in [2.45, 2.75) is 6.92 Å². The predicted molar refractivity (Wildman–Crippen MR) is 139 cm³/mol. The van der Waals surface area contributed by atoms with Gasteiger partial charge in [0.15, 0.2) is 0 Å². The van der Waals surface area contributed by atoms with E-state index in [2.05, 4.69) is 76.2 Å². The van der Waals surface area contributed by atoms with Crippen LogP contribution in [0.2, 0.25) is 0 Å². The van der Waals surface area contributed by atoms with E-state index in [0.29, 0.717) is 0 Å². The first-order valence-corrected chi connectivity index (χ1v) is 11.1. The molecule has 0 saturated carbocycles. The molecule has 0 radical (unpaired) electrons. The Morgan fingerprint density at radius 2 is 1.50 bits per heavy atom. The fourth-order valence-electron chi connectivity index (χ4n) is 4.51. The lowest BCUT2D eigenvalue weighted by atomic mass is 10.1. The van der Waals surface area contributed by atoms with Crippen molar-refractivity contribution in [3.63, 3.8) is 0 Å². The number of anilines is 2. The van der Waals surface area contributed by atoms with Crippen molar-refractivity contribution in [3.8, 4) is 11.3 Å². The van der Waals surface area contributed by atoms with Gasteiger partial charge in [-0.15, -0.1) is 24.8 Å². The largest absolute Gasteiger partial charge is 0.378 e. The molecule has 0 spiro atoms. The molecule has 2 aliphatic rings. The second-order valence-electron chi connectivity index (χ2n) is 8.12. The summed E-state index contributed by atoms with van der Waals surface area (Å²) < 4.78 is 5.48. The predicted octanol–water partition coefficient (Wildman–Crippen LogP) is 4.72. The molecule has 0 unspecified atom stereocenters. The van der Waals surface area contributed by atoms with Crippen molar-refractivity contribution < 1.29 is 4.74 Å². The monoisotopic (exact) mass is 474 g/mol. The molecule has 2 aliphatic heterocycles. The lowest BCUT2D eigenvalue weighted by Crippen LogP contribution is -2.46. The third kappa shape index (κ3) is 5.12. The molecule has 32 heavy (non-hydrogen) atoms. The maximum Gasteiger partial charge on any atom is 0.137 e. The minimum atomic E-state index is 0. The van der Waals surface area contributed by atoms with Crippen molar-refractivity contribution >= 4 is 47.1 Å². The Balaban J connectivity index is 0.00000144. The Morgan fingerprint density at radius 1 is 0.812 bits per heavy atom. The van der Waals surface area contributed by atoms with Crippen LogP contribution in [0.5, 0.6) is 0 Å². The molecule has 172 valence electrons. The minimum absolute atomic E-state index is 0. The molecule has 2 fully saturated rings. The summed E-state index contributed by atoms with van der Waals surface area (Å²) in [5.74, 6) is 1.12. The number of ether oxygens (including phenoxy) is 1. The topological polar surface area (TPSA) is 31.8 Å². The molecule has 5 nitrogen and oxygen atoms in total. The summed E-state index contributed by atoms with van der Waals surface area (Å²) in [6.45, 7) is 11.2.